The largest absolute Gasteiger partial charge is 0.495 e. The Hall–Kier alpha value is -3.55. The lowest BCUT2D eigenvalue weighted by Crippen LogP contribution is -2.30. The van der Waals surface area contributed by atoms with Gasteiger partial charge in [-0.25, -0.2) is 4.79 Å². The second-order valence-corrected chi connectivity index (χ2v) is 6.21. The molecule has 8 nitrogen and oxygen atoms in total. The minimum absolute atomic E-state index is 0.0231. The van der Waals surface area contributed by atoms with Crippen LogP contribution in [0.2, 0.25) is 0 Å². The number of amides is 1. The summed E-state index contributed by atoms with van der Waals surface area (Å²) in [6.07, 6.45) is 2.42. The minimum atomic E-state index is -1.02. The van der Waals surface area contributed by atoms with Gasteiger partial charge in [0.2, 0.25) is 5.76 Å². The lowest BCUT2D eigenvalue weighted by Gasteiger charge is -2.15. The fourth-order valence-electron chi connectivity index (χ4n) is 2.55. The van der Waals surface area contributed by atoms with E-state index in [1.807, 2.05) is 13.0 Å². The molecule has 0 saturated heterocycles. The number of hydrogen-bond acceptors (Lipinski definition) is 6. The molecular weight excluding hydrogens is 362 g/mol. The number of nitrogens with zero attached hydrogens (tertiary/aromatic N) is 2. The smallest absolute Gasteiger partial charge is 0.375 e. The molecule has 3 aromatic rings. The first-order chi connectivity index (χ1) is 13.5. The van der Waals surface area contributed by atoms with Crippen molar-refractivity contribution in [2.45, 2.75) is 26.5 Å². The second kappa shape index (κ2) is 8.43. The van der Waals surface area contributed by atoms with Crippen LogP contribution in [-0.2, 0) is 16.1 Å². The molecule has 0 saturated carbocycles. The number of furan rings is 1. The summed E-state index contributed by atoms with van der Waals surface area (Å²) in [6.45, 7) is 3.78. The number of aromatic nitrogens is 2. The molecule has 0 aliphatic carbocycles. The van der Waals surface area contributed by atoms with Gasteiger partial charge in [-0.15, -0.1) is 0 Å². The standard InChI is InChI=1S/C20H21N3O5/c1-13-5-7-17(26-3)16(11-13)22-19(24)14(2)27-20(25)18-8-6-15(28-18)12-23-10-4-9-21-23/h4-11,14H,12H2,1-3H3,(H,22,24). The van der Waals surface area contributed by atoms with Gasteiger partial charge in [0.25, 0.3) is 5.91 Å². The summed E-state index contributed by atoms with van der Waals surface area (Å²) in [5, 5.41) is 6.79. The fraction of sp³-hybridized carbons (Fsp3) is 0.250. The van der Waals surface area contributed by atoms with Gasteiger partial charge in [0.15, 0.2) is 6.10 Å². The van der Waals surface area contributed by atoms with Crippen molar-refractivity contribution in [1.82, 2.24) is 9.78 Å². The number of anilines is 1. The lowest BCUT2D eigenvalue weighted by molar-refractivity contribution is -0.123. The number of aryl methyl sites for hydroxylation is 1. The number of methoxy groups -OCH3 is 1. The van der Waals surface area contributed by atoms with Crippen molar-refractivity contribution in [3.63, 3.8) is 0 Å². The zero-order chi connectivity index (χ0) is 20.1. The molecular formula is C20H21N3O5. The first kappa shape index (κ1) is 19.2. The maximum absolute atomic E-state index is 12.4. The molecule has 28 heavy (non-hydrogen) atoms. The van der Waals surface area contributed by atoms with Crippen LogP contribution in [0.15, 0.2) is 53.2 Å². The van der Waals surface area contributed by atoms with Crippen molar-refractivity contribution in [2.75, 3.05) is 12.4 Å². The van der Waals surface area contributed by atoms with Crippen LogP contribution in [0.5, 0.6) is 5.75 Å². The van der Waals surface area contributed by atoms with Crippen molar-refractivity contribution in [1.29, 1.82) is 0 Å². The molecule has 1 unspecified atom stereocenters. The summed E-state index contributed by atoms with van der Waals surface area (Å²) in [5.74, 6) is -0.0925. The van der Waals surface area contributed by atoms with E-state index >= 15 is 0 Å². The summed E-state index contributed by atoms with van der Waals surface area (Å²) in [6, 6.07) is 10.4. The molecule has 0 bridgehead atoms. The number of ether oxygens (including phenoxy) is 2. The maximum Gasteiger partial charge on any atom is 0.375 e. The van der Waals surface area contributed by atoms with Crippen molar-refractivity contribution >= 4 is 17.6 Å². The van der Waals surface area contributed by atoms with Crippen molar-refractivity contribution in [2.24, 2.45) is 0 Å². The van der Waals surface area contributed by atoms with Gasteiger partial charge in [-0.2, -0.15) is 5.10 Å². The maximum atomic E-state index is 12.4. The molecule has 1 aromatic carbocycles. The summed E-state index contributed by atoms with van der Waals surface area (Å²) >= 11 is 0. The molecule has 3 rings (SSSR count). The Morgan fingerprint density at radius 2 is 2.11 bits per heavy atom. The van der Waals surface area contributed by atoms with E-state index in [9.17, 15) is 9.59 Å². The van der Waals surface area contributed by atoms with E-state index < -0.39 is 18.0 Å². The fourth-order valence-corrected chi connectivity index (χ4v) is 2.55. The number of carbonyl (C=O) groups is 2. The highest BCUT2D eigenvalue weighted by atomic mass is 16.6. The first-order valence-electron chi connectivity index (χ1n) is 8.69. The Labute approximate surface area is 162 Å². The Morgan fingerprint density at radius 1 is 1.29 bits per heavy atom. The normalized spacial score (nSPS) is 11.7. The third-order valence-corrected chi connectivity index (χ3v) is 4.01. The quantitative estimate of drug-likeness (QED) is 0.630. The molecule has 0 aliphatic rings. The number of nitrogens with one attached hydrogen (secondary N) is 1. The van der Waals surface area contributed by atoms with Crippen LogP contribution in [0.4, 0.5) is 5.69 Å². The van der Waals surface area contributed by atoms with Crippen molar-refractivity contribution in [3.05, 3.63) is 65.9 Å². The third-order valence-electron chi connectivity index (χ3n) is 4.01. The van der Waals surface area contributed by atoms with E-state index in [0.717, 1.165) is 5.56 Å². The van der Waals surface area contributed by atoms with Gasteiger partial charge in [0, 0.05) is 12.4 Å². The molecule has 2 heterocycles. The monoisotopic (exact) mass is 383 g/mol. The van der Waals surface area contributed by atoms with E-state index in [1.165, 1.54) is 20.1 Å². The third kappa shape index (κ3) is 4.59. The number of hydrogen-bond donors (Lipinski definition) is 1. The highest BCUT2D eigenvalue weighted by molar-refractivity contribution is 5.97. The summed E-state index contributed by atoms with van der Waals surface area (Å²) in [5.41, 5.74) is 1.47. The average molecular weight is 383 g/mol. The Morgan fingerprint density at radius 3 is 2.82 bits per heavy atom. The Kier molecular flexibility index (Phi) is 5.78. The van der Waals surface area contributed by atoms with Gasteiger partial charge in [-0.3, -0.25) is 9.48 Å². The number of benzene rings is 1. The van der Waals surface area contributed by atoms with Crippen LogP contribution in [0.1, 0.15) is 28.8 Å². The van der Waals surface area contributed by atoms with Crippen LogP contribution < -0.4 is 10.1 Å². The lowest BCUT2D eigenvalue weighted by atomic mass is 10.2. The van der Waals surface area contributed by atoms with Gasteiger partial charge in [-0.05, 0) is 49.7 Å². The minimum Gasteiger partial charge on any atom is -0.495 e. The highest BCUT2D eigenvalue weighted by Gasteiger charge is 2.22. The molecule has 0 radical (unpaired) electrons. The molecule has 1 N–H and O–H groups in total. The van der Waals surface area contributed by atoms with E-state index in [2.05, 4.69) is 10.4 Å². The van der Waals surface area contributed by atoms with Crippen molar-refractivity contribution in [3.8, 4) is 5.75 Å². The number of carbonyl (C=O) groups excluding carboxylic acids is 2. The van der Waals surface area contributed by atoms with E-state index in [1.54, 1.807) is 41.3 Å². The van der Waals surface area contributed by atoms with Gasteiger partial charge in [0.1, 0.15) is 11.5 Å². The van der Waals surface area contributed by atoms with E-state index in [-0.39, 0.29) is 5.76 Å². The molecule has 0 fully saturated rings. The van der Waals surface area contributed by atoms with Crippen molar-refractivity contribution < 1.29 is 23.5 Å². The van der Waals surface area contributed by atoms with Gasteiger partial charge in [0.05, 0.1) is 19.3 Å². The van der Waals surface area contributed by atoms with Gasteiger partial charge < -0.3 is 19.2 Å². The van der Waals surface area contributed by atoms with Crippen LogP contribution in [0.3, 0.4) is 0 Å². The molecule has 1 atom stereocenters. The van der Waals surface area contributed by atoms with Crippen LogP contribution in [0.25, 0.3) is 0 Å². The Balaban J connectivity index is 1.60. The number of esters is 1. The number of rotatable bonds is 7. The summed E-state index contributed by atoms with van der Waals surface area (Å²) < 4.78 is 17.6. The SMILES string of the molecule is COc1ccc(C)cc1NC(=O)C(C)OC(=O)c1ccc(Cn2cccn2)o1. The van der Waals surface area contributed by atoms with E-state index in [0.29, 0.717) is 23.7 Å². The van der Waals surface area contributed by atoms with E-state index in [4.69, 9.17) is 13.9 Å². The molecule has 2 aromatic heterocycles. The summed E-state index contributed by atoms with van der Waals surface area (Å²) in [7, 11) is 1.52. The Bertz CT molecular complexity index is 962. The predicted molar refractivity (Wildman–Crippen MR) is 101 cm³/mol. The van der Waals surface area contributed by atoms with Crippen LogP contribution in [-0.4, -0.2) is 34.9 Å². The summed E-state index contributed by atoms with van der Waals surface area (Å²) in [4.78, 5) is 24.7. The van der Waals surface area contributed by atoms with Gasteiger partial charge >= 0.3 is 5.97 Å². The highest BCUT2D eigenvalue weighted by Crippen LogP contribution is 2.25. The average Bonchev–Trinajstić information content (AvgIpc) is 3.34. The zero-order valence-electron chi connectivity index (χ0n) is 15.8. The second-order valence-electron chi connectivity index (χ2n) is 6.21. The molecule has 1 amide bonds. The van der Waals surface area contributed by atoms with Crippen LogP contribution >= 0.6 is 0 Å². The zero-order valence-corrected chi connectivity index (χ0v) is 15.8. The molecule has 8 heteroatoms. The van der Waals surface area contributed by atoms with Crippen LogP contribution in [0, 0.1) is 6.92 Å². The van der Waals surface area contributed by atoms with Gasteiger partial charge in [-0.1, -0.05) is 6.07 Å². The molecule has 146 valence electrons. The molecule has 0 spiro atoms. The molecule has 0 aliphatic heterocycles. The predicted octanol–water partition coefficient (Wildman–Crippen LogP) is 3.03. The topological polar surface area (TPSA) is 95.6 Å². The first-order valence-corrected chi connectivity index (χ1v) is 8.69.